The normalized spacial score (nSPS) is 11.6. The highest BCUT2D eigenvalue weighted by atomic mass is 32.1. The largest absolute Gasteiger partial charge is 0.461 e. The van der Waals surface area contributed by atoms with E-state index in [4.69, 9.17) is 4.42 Å². The summed E-state index contributed by atoms with van der Waals surface area (Å²) in [6.07, 6.45) is 3.30. The maximum Gasteiger partial charge on any atom is 0.216 e. The molecule has 3 aromatic rings. The van der Waals surface area contributed by atoms with Crippen LogP contribution in [0.1, 0.15) is 17.6 Å². The number of guanidine groups is 1. The van der Waals surface area contributed by atoms with Crippen molar-refractivity contribution in [2.45, 2.75) is 19.8 Å². The number of hydrogen-bond acceptors (Lipinski definition) is 5. The van der Waals surface area contributed by atoms with Crippen LogP contribution in [0, 0.1) is 0 Å². The standard InChI is InChI=1S/C17H22N6OS/c1-2-18-17(19-9-7-13-5-4-12-25-13)20-10-8-15-21-16(23-22-15)14-6-3-11-24-14/h3-6,11-12H,2,7-10H2,1H3,(H2,18,19,20)(H,21,22,23). The van der Waals surface area contributed by atoms with Gasteiger partial charge in [0.2, 0.25) is 5.82 Å². The van der Waals surface area contributed by atoms with E-state index in [-0.39, 0.29) is 0 Å². The monoisotopic (exact) mass is 358 g/mol. The van der Waals surface area contributed by atoms with E-state index in [0.29, 0.717) is 11.6 Å². The number of furan rings is 1. The van der Waals surface area contributed by atoms with Gasteiger partial charge >= 0.3 is 0 Å². The SMILES string of the molecule is CCNC(=NCCc1cccs1)NCCc1nc(-c2ccco2)n[nH]1. The molecule has 0 saturated heterocycles. The minimum Gasteiger partial charge on any atom is -0.461 e. The van der Waals surface area contributed by atoms with Crippen LogP contribution in [0.25, 0.3) is 11.6 Å². The Morgan fingerprint density at radius 2 is 2.24 bits per heavy atom. The number of rotatable bonds is 8. The Hall–Kier alpha value is -2.61. The maximum atomic E-state index is 5.29. The first-order valence-corrected chi connectivity index (χ1v) is 9.23. The Kier molecular flexibility index (Phi) is 6.22. The van der Waals surface area contributed by atoms with E-state index < -0.39 is 0 Å². The highest BCUT2D eigenvalue weighted by Crippen LogP contribution is 2.14. The fourth-order valence-electron chi connectivity index (χ4n) is 2.30. The smallest absolute Gasteiger partial charge is 0.216 e. The van der Waals surface area contributed by atoms with Crippen LogP contribution in [-0.4, -0.2) is 40.8 Å². The summed E-state index contributed by atoms with van der Waals surface area (Å²) >= 11 is 1.77. The molecule has 3 rings (SSSR count). The molecular weight excluding hydrogens is 336 g/mol. The predicted octanol–water partition coefficient (Wildman–Crippen LogP) is 2.47. The highest BCUT2D eigenvalue weighted by Gasteiger charge is 2.08. The quantitative estimate of drug-likeness (QED) is 0.425. The Morgan fingerprint density at radius 3 is 3.00 bits per heavy atom. The number of aliphatic imine (C=N–C) groups is 1. The van der Waals surface area contributed by atoms with Gasteiger partial charge in [0.25, 0.3) is 0 Å². The summed E-state index contributed by atoms with van der Waals surface area (Å²) in [7, 11) is 0. The number of thiophene rings is 1. The van der Waals surface area contributed by atoms with E-state index >= 15 is 0 Å². The lowest BCUT2D eigenvalue weighted by Gasteiger charge is -2.10. The topological polar surface area (TPSA) is 91.1 Å². The van der Waals surface area contributed by atoms with E-state index in [9.17, 15) is 0 Å². The second kappa shape index (κ2) is 9.03. The Balaban J connectivity index is 1.46. The van der Waals surface area contributed by atoms with Crippen molar-refractivity contribution in [1.82, 2.24) is 25.8 Å². The average Bonchev–Trinajstić information content (AvgIpc) is 3.37. The van der Waals surface area contributed by atoms with Crippen molar-refractivity contribution in [1.29, 1.82) is 0 Å². The van der Waals surface area contributed by atoms with Crippen LogP contribution in [0.3, 0.4) is 0 Å². The molecule has 0 aliphatic heterocycles. The molecule has 25 heavy (non-hydrogen) atoms. The van der Waals surface area contributed by atoms with Crippen molar-refractivity contribution >= 4 is 17.3 Å². The van der Waals surface area contributed by atoms with E-state index in [1.54, 1.807) is 17.6 Å². The second-order valence-electron chi connectivity index (χ2n) is 5.35. The molecule has 3 aromatic heterocycles. The second-order valence-corrected chi connectivity index (χ2v) is 6.38. The first kappa shape index (κ1) is 17.2. The van der Waals surface area contributed by atoms with Crippen molar-refractivity contribution in [2.75, 3.05) is 19.6 Å². The van der Waals surface area contributed by atoms with Gasteiger partial charge in [-0.05, 0) is 30.5 Å². The first-order valence-electron chi connectivity index (χ1n) is 8.35. The van der Waals surface area contributed by atoms with Crippen LogP contribution >= 0.6 is 11.3 Å². The van der Waals surface area contributed by atoms with Crippen LogP contribution < -0.4 is 10.6 Å². The van der Waals surface area contributed by atoms with Crippen molar-refractivity contribution in [3.63, 3.8) is 0 Å². The summed E-state index contributed by atoms with van der Waals surface area (Å²) in [5.74, 6) is 2.88. The van der Waals surface area contributed by atoms with Gasteiger partial charge in [-0.3, -0.25) is 10.1 Å². The molecule has 132 valence electrons. The fraction of sp³-hybridized carbons (Fsp3) is 0.353. The molecule has 0 aromatic carbocycles. The van der Waals surface area contributed by atoms with Gasteiger partial charge < -0.3 is 15.1 Å². The van der Waals surface area contributed by atoms with Crippen LogP contribution in [-0.2, 0) is 12.8 Å². The molecule has 7 nitrogen and oxygen atoms in total. The molecular formula is C17H22N6OS. The number of aromatic amines is 1. The maximum absolute atomic E-state index is 5.29. The lowest BCUT2D eigenvalue weighted by Crippen LogP contribution is -2.38. The van der Waals surface area contributed by atoms with E-state index in [1.807, 2.05) is 12.1 Å². The molecule has 3 heterocycles. The van der Waals surface area contributed by atoms with Crippen LogP contribution in [0.2, 0.25) is 0 Å². The van der Waals surface area contributed by atoms with E-state index in [1.165, 1.54) is 4.88 Å². The third-order valence-corrected chi connectivity index (χ3v) is 4.42. The van der Waals surface area contributed by atoms with Crippen molar-refractivity contribution < 1.29 is 4.42 Å². The minimum atomic E-state index is 0.580. The van der Waals surface area contributed by atoms with E-state index in [2.05, 4.69) is 55.2 Å². The molecule has 3 N–H and O–H groups in total. The Morgan fingerprint density at radius 1 is 1.28 bits per heavy atom. The lowest BCUT2D eigenvalue weighted by molar-refractivity contribution is 0.577. The van der Waals surface area contributed by atoms with Crippen molar-refractivity contribution in [3.05, 3.63) is 46.6 Å². The number of hydrogen-bond donors (Lipinski definition) is 3. The summed E-state index contributed by atoms with van der Waals surface area (Å²) in [6.45, 7) is 4.37. The Bertz CT molecular complexity index is 763. The molecule has 8 heteroatoms. The van der Waals surface area contributed by atoms with Gasteiger partial charge in [-0.25, -0.2) is 4.98 Å². The number of nitrogens with zero attached hydrogens (tertiary/aromatic N) is 3. The first-order chi connectivity index (χ1) is 12.3. The number of aromatic nitrogens is 3. The molecule has 0 aliphatic rings. The van der Waals surface area contributed by atoms with Crippen molar-refractivity contribution in [3.8, 4) is 11.6 Å². The number of nitrogens with one attached hydrogen (secondary N) is 3. The van der Waals surface area contributed by atoms with Gasteiger partial charge in [-0.15, -0.1) is 11.3 Å². The summed E-state index contributed by atoms with van der Waals surface area (Å²) in [5.41, 5.74) is 0. The molecule has 0 unspecified atom stereocenters. The van der Waals surface area contributed by atoms with E-state index in [0.717, 1.165) is 44.3 Å². The van der Waals surface area contributed by atoms with Gasteiger partial charge in [0, 0.05) is 37.4 Å². The third-order valence-electron chi connectivity index (χ3n) is 3.48. The van der Waals surface area contributed by atoms with Crippen LogP contribution in [0.5, 0.6) is 0 Å². The summed E-state index contributed by atoms with van der Waals surface area (Å²) < 4.78 is 5.29. The zero-order valence-electron chi connectivity index (χ0n) is 14.2. The van der Waals surface area contributed by atoms with Gasteiger partial charge in [-0.1, -0.05) is 6.07 Å². The summed E-state index contributed by atoms with van der Waals surface area (Å²) in [4.78, 5) is 10.4. The zero-order valence-corrected chi connectivity index (χ0v) is 15.0. The van der Waals surface area contributed by atoms with Gasteiger partial charge in [-0.2, -0.15) is 5.10 Å². The Labute approximate surface area is 150 Å². The fourth-order valence-corrected chi connectivity index (χ4v) is 3.00. The van der Waals surface area contributed by atoms with Gasteiger partial charge in [0.1, 0.15) is 5.82 Å². The molecule has 0 radical (unpaired) electrons. The number of H-pyrrole nitrogens is 1. The molecule has 0 atom stereocenters. The van der Waals surface area contributed by atoms with Gasteiger partial charge in [0.15, 0.2) is 11.7 Å². The summed E-state index contributed by atoms with van der Waals surface area (Å²) in [6, 6.07) is 7.87. The molecule has 0 saturated carbocycles. The molecule has 0 aliphatic carbocycles. The average molecular weight is 358 g/mol. The van der Waals surface area contributed by atoms with Gasteiger partial charge in [0.05, 0.1) is 6.26 Å². The molecule has 0 bridgehead atoms. The molecule has 0 fully saturated rings. The molecule has 0 spiro atoms. The van der Waals surface area contributed by atoms with Crippen LogP contribution in [0.15, 0.2) is 45.3 Å². The predicted molar refractivity (Wildman–Crippen MR) is 99.8 cm³/mol. The minimum absolute atomic E-state index is 0.580. The van der Waals surface area contributed by atoms with Crippen LogP contribution in [0.4, 0.5) is 0 Å². The third kappa shape index (κ3) is 5.18. The van der Waals surface area contributed by atoms with Crippen molar-refractivity contribution in [2.24, 2.45) is 4.99 Å². The lowest BCUT2D eigenvalue weighted by atomic mass is 10.3. The highest BCUT2D eigenvalue weighted by molar-refractivity contribution is 7.09. The molecule has 0 amide bonds. The summed E-state index contributed by atoms with van der Waals surface area (Å²) in [5, 5.41) is 15.8. The zero-order chi connectivity index (χ0) is 17.3.